The van der Waals surface area contributed by atoms with Crippen LogP contribution in [0.3, 0.4) is 0 Å². The van der Waals surface area contributed by atoms with Gasteiger partial charge in [0.25, 0.3) is 15.9 Å². The van der Waals surface area contributed by atoms with Crippen molar-refractivity contribution >= 4 is 83.7 Å². The van der Waals surface area contributed by atoms with Gasteiger partial charge in [0.15, 0.2) is 10.8 Å². The van der Waals surface area contributed by atoms with Crippen molar-refractivity contribution in [2.75, 3.05) is 53.3 Å². The van der Waals surface area contributed by atoms with Crippen LogP contribution in [-0.2, 0) is 20.0 Å². The first kappa shape index (κ1) is 54.9. The number of benzene rings is 3. The number of para-hydroxylation sites is 3. The van der Waals surface area contributed by atoms with Crippen LogP contribution in [0.5, 0.6) is 34.5 Å². The molecule has 0 aliphatic rings. The number of anilines is 2. The molecule has 0 bridgehead atoms. The van der Waals surface area contributed by atoms with Crippen molar-refractivity contribution in [3.63, 3.8) is 0 Å². The van der Waals surface area contributed by atoms with E-state index in [0.717, 1.165) is 5.56 Å². The molecule has 4 rings (SSSR count). The lowest BCUT2D eigenvalue weighted by Gasteiger charge is -2.22. The summed E-state index contributed by atoms with van der Waals surface area (Å²) in [6.07, 6.45) is 3.01. The van der Waals surface area contributed by atoms with Crippen LogP contribution >= 0.6 is 24.4 Å². The monoisotopic (exact) mass is 976 g/mol. The third-order valence-electron chi connectivity index (χ3n) is 8.35. The summed E-state index contributed by atoms with van der Waals surface area (Å²) in [5.41, 5.74) is 7.42. The molecule has 1 heterocycles. The number of carbonyl (C=O) groups is 1. The molecule has 0 radical (unpaired) electrons. The van der Waals surface area contributed by atoms with E-state index < -0.39 is 35.4 Å². The van der Waals surface area contributed by atoms with Gasteiger partial charge < -0.3 is 39.1 Å². The van der Waals surface area contributed by atoms with Gasteiger partial charge >= 0.3 is 0 Å². The summed E-state index contributed by atoms with van der Waals surface area (Å²) in [5, 5.41) is 7.88. The zero-order chi connectivity index (χ0) is 49.2. The molecular weight excluding hydrogens is 921 g/mol. The van der Waals surface area contributed by atoms with Gasteiger partial charge in [-0.1, -0.05) is 18.2 Å². The van der Waals surface area contributed by atoms with Crippen LogP contribution in [0.4, 0.5) is 17.1 Å². The van der Waals surface area contributed by atoms with Crippen molar-refractivity contribution in [3.05, 3.63) is 84.2 Å². The van der Waals surface area contributed by atoms with Gasteiger partial charge in [-0.15, -0.1) is 4.40 Å². The van der Waals surface area contributed by atoms with Gasteiger partial charge in [0.1, 0.15) is 45.9 Å². The van der Waals surface area contributed by atoms with Gasteiger partial charge in [-0.2, -0.15) is 4.99 Å². The average molecular weight is 977 g/mol. The first-order chi connectivity index (χ1) is 30.4. The molecule has 0 unspecified atom stereocenters. The highest BCUT2D eigenvalue weighted by molar-refractivity contribution is 7.93. The minimum Gasteiger partial charge on any atom is -0.494 e. The van der Waals surface area contributed by atoms with E-state index in [1.165, 1.54) is 55.4 Å². The van der Waals surface area contributed by atoms with Gasteiger partial charge in [0.2, 0.25) is 16.0 Å². The molecule has 0 aliphatic heterocycles. The van der Waals surface area contributed by atoms with Gasteiger partial charge in [-0.05, 0) is 121 Å². The highest BCUT2D eigenvalue weighted by Crippen LogP contribution is 2.37. The van der Waals surface area contributed by atoms with E-state index in [1.54, 1.807) is 103 Å². The number of hydrazine groups is 1. The number of aliphatic imine (C=N–C) groups is 1. The van der Waals surface area contributed by atoms with Gasteiger partial charge in [-0.3, -0.25) is 25.4 Å². The number of carbonyl (C=O) groups excluding carboxylic acids is 1. The van der Waals surface area contributed by atoms with Crippen LogP contribution < -0.4 is 54.6 Å². The highest BCUT2D eigenvalue weighted by atomic mass is 32.2. The summed E-state index contributed by atoms with van der Waals surface area (Å²) in [6, 6.07) is 17.3. The second-order valence-corrected chi connectivity index (χ2v) is 20.3. The molecule has 0 saturated carbocycles. The Morgan fingerprint density at radius 1 is 0.662 bits per heavy atom. The number of nitrogens with one attached hydrogen (secondary N) is 5. The minimum atomic E-state index is -3.96. The second-order valence-electron chi connectivity index (χ2n) is 14.9. The Kier molecular flexibility index (Phi) is 20.9. The number of ether oxygens (including phenoxy) is 6. The summed E-state index contributed by atoms with van der Waals surface area (Å²) in [5.74, 6) is 2.23. The average Bonchev–Trinajstić information content (AvgIpc) is 3.25. The summed E-state index contributed by atoms with van der Waals surface area (Å²) in [4.78, 5) is 20.3. The molecule has 5 N–H and O–H groups in total. The van der Waals surface area contributed by atoms with E-state index in [0.29, 0.717) is 57.1 Å². The zero-order valence-electron chi connectivity index (χ0n) is 38.4. The quantitative estimate of drug-likeness (QED) is 0.0425. The first-order valence-electron chi connectivity index (χ1n) is 19.1. The summed E-state index contributed by atoms with van der Waals surface area (Å²) in [7, 11) is 1.51. The largest absolute Gasteiger partial charge is 0.494 e. The smallest absolute Gasteiger partial charge is 0.271 e. The maximum atomic E-state index is 12.7. The predicted octanol–water partition coefficient (Wildman–Crippen LogP) is 6.79. The molecule has 1 aromatic heterocycles. The standard InChI is InChI=1S/C20H27N5O5S.C13H20N2O4S2.C9H9NO2S/c1-13-10-14(12-21-11-13)18(26)23-24-19(25-31(27,28)20(2,3)4)22-17-15(29-5)8-7-9-16(17)30-6;1-13(2,3)21(16,17)15-12(20)14-11-9(18-4)7-6-8-10(11)19-5;1-11-7-4-3-5-8(12-2)9(7)10-6-13/h7-12H,1-6H3,(H,23,26)(H2,22,24,25);6-8H,1-5H3,(H2,14,15,20);3-5H,1-2H3. The number of guanidine groups is 1. The number of methoxy groups -OCH3 is 6. The minimum absolute atomic E-state index is 0.0484. The zero-order valence-corrected chi connectivity index (χ0v) is 41.7. The van der Waals surface area contributed by atoms with E-state index in [9.17, 15) is 21.6 Å². The van der Waals surface area contributed by atoms with Crippen molar-refractivity contribution in [3.8, 4) is 34.5 Å². The van der Waals surface area contributed by atoms with Crippen LogP contribution in [0.15, 0.2) is 82.4 Å². The number of aromatic nitrogens is 1. The maximum absolute atomic E-state index is 12.7. The molecule has 0 saturated heterocycles. The maximum Gasteiger partial charge on any atom is 0.271 e. The van der Waals surface area contributed by atoms with Crippen molar-refractivity contribution in [2.45, 2.75) is 58.0 Å². The fourth-order valence-electron chi connectivity index (χ4n) is 4.67. The molecule has 354 valence electrons. The Morgan fingerprint density at radius 3 is 1.48 bits per heavy atom. The molecule has 3 aromatic carbocycles. The second kappa shape index (κ2) is 24.7. The topological polar surface area (TPSA) is 238 Å². The van der Waals surface area contributed by atoms with Crippen molar-refractivity contribution in [1.82, 2.24) is 20.6 Å². The van der Waals surface area contributed by atoms with Crippen molar-refractivity contribution < 1.29 is 50.1 Å². The number of pyridine rings is 1. The third-order valence-corrected chi connectivity index (χ3v) is 12.8. The summed E-state index contributed by atoms with van der Waals surface area (Å²) in [6.45, 7) is 11.1. The molecular formula is C42H56N8O11S4. The van der Waals surface area contributed by atoms with E-state index >= 15 is 0 Å². The lowest BCUT2D eigenvalue weighted by molar-refractivity contribution is 0.0943. The van der Waals surface area contributed by atoms with E-state index in [4.69, 9.17) is 40.6 Å². The number of nitrogens with zero attached hydrogens (tertiary/aromatic N) is 3. The molecule has 65 heavy (non-hydrogen) atoms. The lowest BCUT2D eigenvalue weighted by atomic mass is 10.2. The molecule has 0 fully saturated rings. The van der Waals surface area contributed by atoms with Crippen LogP contribution in [0.25, 0.3) is 0 Å². The Morgan fingerprint density at radius 2 is 1.09 bits per heavy atom. The molecule has 0 atom stereocenters. The fourth-order valence-corrected chi connectivity index (χ4v) is 6.40. The van der Waals surface area contributed by atoms with Crippen LogP contribution in [0, 0.1) is 6.92 Å². The number of amides is 1. The number of thiocarbonyl (C=S) groups is 2. The fraction of sp³-hybridized carbons (Fsp3) is 0.357. The number of sulfonamides is 2. The Labute approximate surface area is 391 Å². The Hall–Kier alpha value is -6.26. The molecule has 23 heteroatoms. The summed E-state index contributed by atoms with van der Waals surface area (Å²) >= 11 is 9.58. The van der Waals surface area contributed by atoms with Gasteiger partial charge in [-0.25, -0.2) is 16.8 Å². The van der Waals surface area contributed by atoms with E-state index in [2.05, 4.69) is 58.0 Å². The third kappa shape index (κ3) is 16.0. The van der Waals surface area contributed by atoms with Gasteiger partial charge in [0, 0.05) is 12.4 Å². The molecule has 4 aromatic rings. The van der Waals surface area contributed by atoms with Gasteiger partial charge in [0.05, 0.1) is 62.9 Å². The molecule has 0 spiro atoms. The number of hydrogen-bond acceptors (Lipinski definition) is 15. The summed E-state index contributed by atoms with van der Waals surface area (Å²) < 4.78 is 84.7. The predicted molar refractivity (Wildman–Crippen MR) is 261 cm³/mol. The molecule has 0 aliphatic carbocycles. The number of hydrogen-bond donors (Lipinski definition) is 5. The van der Waals surface area contributed by atoms with Crippen LogP contribution in [0.2, 0.25) is 0 Å². The highest BCUT2D eigenvalue weighted by Gasteiger charge is 2.31. The van der Waals surface area contributed by atoms with Crippen molar-refractivity contribution in [2.24, 2.45) is 9.39 Å². The normalized spacial score (nSPS) is 11.3. The van der Waals surface area contributed by atoms with E-state index in [-0.39, 0.29) is 11.1 Å². The lowest BCUT2D eigenvalue weighted by Crippen LogP contribution is -2.46. The number of rotatable bonds is 12. The van der Waals surface area contributed by atoms with E-state index in [1.807, 2.05) is 6.07 Å². The van der Waals surface area contributed by atoms with Crippen LogP contribution in [0.1, 0.15) is 57.5 Å². The van der Waals surface area contributed by atoms with Crippen LogP contribution in [-0.4, -0.2) is 96.1 Å². The molecule has 1 amide bonds. The SMILES string of the molecule is COc1cccc(OC)c1N=C=S.COc1cccc(OC)c1NC(=NS(=O)(=O)C(C)(C)C)NNC(=O)c1cncc(C)c1.COc1cccc(OC)c1NC(=S)NS(=O)(=O)C(C)(C)C. The number of isothiocyanates is 1. The van der Waals surface area contributed by atoms with Crippen molar-refractivity contribution in [1.29, 1.82) is 0 Å². The Bertz CT molecular complexity index is 2510. The first-order valence-corrected chi connectivity index (χ1v) is 22.8. The Balaban J connectivity index is 0.000000367. The molecule has 19 nitrogen and oxygen atoms in total. The number of aryl methyl sites for hydroxylation is 1.